The molecule has 0 bridgehead atoms. The molecule has 0 atom stereocenters. The number of rotatable bonds is 7. The molecule has 0 unspecified atom stereocenters. The van der Waals surface area contributed by atoms with Gasteiger partial charge in [0.1, 0.15) is 4.21 Å². The van der Waals surface area contributed by atoms with Crippen LogP contribution in [0.15, 0.2) is 65.1 Å². The number of aromatic amines is 1. The Hall–Kier alpha value is -2.68. The summed E-state index contributed by atoms with van der Waals surface area (Å²) >= 11 is 1.21. The van der Waals surface area contributed by atoms with Gasteiger partial charge in [0.2, 0.25) is 0 Å². The molecule has 0 fully saturated rings. The summed E-state index contributed by atoms with van der Waals surface area (Å²) in [6.07, 6.45) is 4.58. The van der Waals surface area contributed by atoms with Crippen LogP contribution in [0.5, 0.6) is 0 Å². The number of benzene rings is 1. The van der Waals surface area contributed by atoms with Gasteiger partial charge in [-0.25, -0.2) is 8.42 Å². The van der Waals surface area contributed by atoms with Crippen molar-refractivity contribution in [1.29, 1.82) is 0 Å². The van der Waals surface area contributed by atoms with E-state index in [-0.39, 0.29) is 4.21 Å². The average Bonchev–Trinajstić information content (AvgIpc) is 3.34. The molecule has 150 valence electrons. The maximum atomic E-state index is 12.9. The summed E-state index contributed by atoms with van der Waals surface area (Å²) in [5.41, 5.74) is 3.48. The van der Waals surface area contributed by atoms with Gasteiger partial charge in [-0.15, -0.1) is 11.3 Å². The van der Waals surface area contributed by atoms with E-state index >= 15 is 0 Å². The monoisotopic (exact) mass is 426 g/mol. The van der Waals surface area contributed by atoms with E-state index in [0.29, 0.717) is 5.69 Å². The van der Waals surface area contributed by atoms with E-state index in [1.165, 1.54) is 16.9 Å². The average molecular weight is 427 g/mol. The highest BCUT2D eigenvalue weighted by Crippen LogP contribution is 2.31. The Kier molecular flexibility index (Phi) is 5.40. The van der Waals surface area contributed by atoms with Crippen LogP contribution in [-0.2, 0) is 16.4 Å². The molecule has 1 aromatic carbocycles. The number of likely N-dealkylation sites (N-methyl/N-ethyl adjacent to an activating group) is 1. The maximum absolute atomic E-state index is 12.9. The summed E-state index contributed by atoms with van der Waals surface area (Å²) < 4.78 is 28.7. The van der Waals surface area contributed by atoms with E-state index in [2.05, 4.69) is 19.6 Å². The van der Waals surface area contributed by atoms with Crippen molar-refractivity contribution in [3.8, 4) is 10.6 Å². The Balaban J connectivity index is 1.59. The van der Waals surface area contributed by atoms with Crippen LogP contribution in [0.1, 0.15) is 5.56 Å². The molecule has 0 saturated heterocycles. The Labute approximate surface area is 174 Å². The van der Waals surface area contributed by atoms with Gasteiger partial charge < -0.3 is 9.88 Å². The molecule has 8 heteroatoms. The second kappa shape index (κ2) is 7.98. The van der Waals surface area contributed by atoms with Crippen molar-refractivity contribution in [2.75, 3.05) is 25.4 Å². The van der Waals surface area contributed by atoms with Crippen molar-refractivity contribution in [3.05, 3.63) is 66.5 Å². The highest BCUT2D eigenvalue weighted by molar-refractivity contribution is 7.94. The van der Waals surface area contributed by atoms with E-state index < -0.39 is 10.0 Å². The molecule has 0 amide bonds. The SMILES string of the molecule is CN(C)CCc1c[nH]c2ccc(NS(=O)(=O)c3ccc(-c4ccccn4)s3)cc12. The summed E-state index contributed by atoms with van der Waals surface area (Å²) in [7, 11) is 0.404. The number of pyridine rings is 1. The zero-order chi connectivity index (χ0) is 20.4. The van der Waals surface area contributed by atoms with Gasteiger partial charge in [0, 0.05) is 35.5 Å². The zero-order valence-corrected chi connectivity index (χ0v) is 17.8. The molecular formula is C21H22N4O2S2. The van der Waals surface area contributed by atoms with Crippen LogP contribution in [0.2, 0.25) is 0 Å². The summed E-state index contributed by atoms with van der Waals surface area (Å²) in [6.45, 7) is 0.925. The van der Waals surface area contributed by atoms with Crippen molar-refractivity contribution < 1.29 is 8.42 Å². The van der Waals surface area contributed by atoms with Gasteiger partial charge in [-0.3, -0.25) is 9.71 Å². The van der Waals surface area contributed by atoms with Crippen LogP contribution >= 0.6 is 11.3 Å². The standard InChI is InChI=1S/C21H22N4O2S2/c1-25(2)12-10-15-14-23-18-7-6-16(13-17(15)18)24-29(26,27)21-9-8-20(28-21)19-5-3-4-11-22-19/h3-9,11,13-14,23-24H,10,12H2,1-2H3. The smallest absolute Gasteiger partial charge is 0.271 e. The highest BCUT2D eigenvalue weighted by Gasteiger charge is 2.18. The number of sulfonamides is 1. The second-order valence-corrected chi connectivity index (χ2v) is 10.1. The first-order valence-electron chi connectivity index (χ1n) is 9.21. The van der Waals surface area contributed by atoms with Gasteiger partial charge in [-0.1, -0.05) is 6.07 Å². The van der Waals surface area contributed by atoms with Crippen LogP contribution in [0, 0.1) is 0 Å². The number of fused-ring (bicyclic) bond motifs is 1. The van der Waals surface area contributed by atoms with Crippen molar-refractivity contribution in [2.45, 2.75) is 10.6 Å². The third-order valence-corrected chi connectivity index (χ3v) is 7.59. The molecule has 4 rings (SSSR count). The van der Waals surface area contributed by atoms with Crippen molar-refractivity contribution in [1.82, 2.24) is 14.9 Å². The summed E-state index contributed by atoms with van der Waals surface area (Å²) in [4.78, 5) is 10.5. The molecule has 6 nitrogen and oxygen atoms in total. The lowest BCUT2D eigenvalue weighted by Crippen LogP contribution is -2.14. The van der Waals surface area contributed by atoms with E-state index in [4.69, 9.17) is 0 Å². The molecule has 0 saturated carbocycles. The molecule has 3 aromatic heterocycles. The highest BCUT2D eigenvalue weighted by atomic mass is 32.2. The molecule has 0 aliphatic heterocycles. The summed E-state index contributed by atoms with van der Waals surface area (Å²) in [6, 6.07) is 14.6. The first-order valence-corrected chi connectivity index (χ1v) is 11.5. The number of hydrogen-bond acceptors (Lipinski definition) is 5. The minimum atomic E-state index is -3.67. The van der Waals surface area contributed by atoms with Crippen LogP contribution in [-0.4, -0.2) is 43.9 Å². The lowest BCUT2D eigenvalue weighted by atomic mass is 10.1. The van der Waals surface area contributed by atoms with Crippen molar-refractivity contribution in [3.63, 3.8) is 0 Å². The summed E-state index contributed by atoms with van der Waals surface area (Å²) in [5.74, 6) is 0. The quantitative estimate of drug-likeness (QED) is 0.464. The van der Waals surface area contributed by atoms with E-state index in [9.17, 15) is 8.42 Å². The maximum Gasteiger partial charge on any atom is 0.271 e. The van der Waals surface area contributed by atoms with Gasteiger partial charge in [0.25, 0.3) is 10.0 Å². The molecule has 0 radical (unpaired) electrons. The third-order valence-electron chi connectivity index (χ3n) is 4.61. The predicted octanol–water partition coefficient (Wildman–Crippen LogP) is 4.20. The van der Waals surface area contributed by atoms with Crippen LogP contribution in [0.3, 0.4) is 0 Å². The Morgan fingerprint density at radius 2 is 2.00 bits per heavy atom. The molecule has 0 aliphatic rings. The Morgan fingerprint density at radius 3 is 2.76 bits per heavy atom. The van der Waals surface area contributed by atoms with Gasteiger partial charge in [0.05, 0.1) is 10.6 Å². The van der Waals surface area contributed by atoms with Crippen molar-refractivity contribution >= 4 is 38.0 Å². The van der Waals surface area contributed by atoms with Gasteiger partial charge >= 0.3 is 0 Å². The van der Waals surface area contributed by atoms with Crippen LogP contribution in [0.25, 0.3) is 21.5 Å². The molecule has 29 heavy (non-hydrogen) atoms. The second-order valence-electron chi connectivity index (χ2n) is 7.07. The van der Waals surface area contributed by atoms with Crippen molar-refractivity contribution in [2.24, 2.45) is 0 Å². The minimum absolute atomic E-state index is 0.264. The molecule has 0 aliphatic carbocycles. The number of nitrogens with one attached hydrogen (secondary N) is 2. The molecule has 3 heterocycles. The van der Waals surface area contributed by atoms with Crippen LogP contribution < -0.4 is 4.72 Å². The number of thiophene rings is 1. The first-order chi connectivity index (χ1) is 13.9. The Bertz CT molecular complexity index is 1230. The third kappa shape index (κ3) is 4.34. The molecule has 0 spiro atoms. The number of aromatic nitrogens is 2. The fourth-order valence-corrected chi connectivity index (χ4v) is 5.44. The predicted molar refractivity (Wildman–Crippen MR) is 119 cm³/mol. The minimum Gasteiger partial charge on any atom is -0.361 e. The van der Waals surface area contributed by atoms with Gasteiger partial charge in [-0.05, 0) is 68.5 Å². The van der Waals surface area contributed by atoms with Gasteiger partial charge in [-0.2, -0.15) is 0 Å². The molecule has 4 aromatic rings. The summed E-state index contributed by atoms with van der Waals surface area (Å²) in [5, 5.41) is 1.03. The first kappa shape index (κ1) is 19.6. The molecular weight excluding hydrogens is 404 g/mol. The number of nitrogens with zero attached hydrogens (tertiary/aromatic N) is 2. The number of H-pyrrole nitrogens is 1. The normalized spacial score (nSPS) is 12.0. The fraction of sp³-hybridized carbons (Fsp3) is 0.190. The van der Waals surface area contributed by atoms with E-state index in [1.807, 2.05) is 50.6 Å². The number of anilines is 1. The zero-order valence-electron chi connectivity index (χ0n) is 16.2. The van der Waals surface area contributed by atoms with Gasteiger partial charge in [0.15, 0.2) is 0 Å². The largest absolute Gasteiger partial charge is 0.361 e. The number of hydrogen-bond donors (Lipinski definition) is 2. The Morgan fingerprint density at radius 1 is 1.14 bits per heavy atom. The van der Waals surface area contributed by atoms with Crippen LogP contribution in [0.4, 0.5) is 5.69 Å². The lowest BCUT2D eigenvalue weighted by Gasteiger charge is -2.09. The van der Waals surface area contributed by atoms with E-state index in [1.54, 1.807) is 24.4 Å². The van der Waals surface area contributed by atoms with E-state index in [0.717, 1.165) is 34.4 Å². The topological polar surface area (TPSA) is 78.1 Å². The molecule has 2 N–H and O–H groups in total. The fourth-order valence-electron chi connectivity index (χ4n) is 3.11. The lowest BCUT2D eigenvalue weighted by molar-refractivity contribution is 0.414.